The quantitative estimate of drug-likeness (QED) is 0.446. The van der Waals surface area contributed by atoms with Crippen molar-refractivity contribution in [3.05, 3.63) is 41.7 Å². The highest BCUT2D eigenvalue weighted by Crippen LogP contribution is 2.33. The molecular weight excluding hydrogens is 379 g/mol. The molecule has 140 valence electrons. The van der Waals surface area contributed by atoms with Gasteiger partial charge >= 0.3 is 5.97 Å². The van der Waals surface area contributed by atoms with E-state index < -0.39 is 24.2 Å². The van der Waals surface area contributed by atoms with E-state index >= 15 is 0 Å². The van der Waals surface area contributed by atoms with Gasteiger partial charge in [0, 0.05) is 16.5 Å². The Balaban J connectivity index is 2.04. The number of aromatic hydroxyl groups is 1. The molecule has 3 rings (SSSR count). The van der Waals surface area contributed by atoms with Gasteiger partial charge in [0.05, 0.1) is 7.85 Å². The van der Waals surface area contributed by atoms with Crippen LogP contribution in [0.15, 0.2) is 30.3 Å². The summed E-state index contributed by atoms with van der Waals surface area (Å²) in [7, 11) is 23.3. The second-order valence-electron chi connectivity index (χ2n) is 6.37. The van der Waals surface area contributed by atoms with E-state index in [9.17, 15) is 14.7 Å². The summed E-state index contributed by atoms with van der Waals surface area (Å²) in [6, 6.07) is 7.63. The van der Waals surface area contributed by atoms with Crippen LogP contribution in [-0.4, -0.2) is 65.0 Å². The van der Waals surface area contributed by atoms with E-state index in [-0.39, 0.29) is 34.1 Å². The molecule has 0 unspecified atom stereocenters. The van der Waals surface area contributed by atoms with Gasteiger partial charge in [0.1, 0.15) is 41.6 Å². The van der Waals surface area contributed by atoms with Crippen molar-refractivity contribution in [3.63, 3.8) is 0 Å². The summed E-state index contributed by atoms with van der Waals surface area (Å²) in [6.07, 6.45) is -0.0500. The zero-order valence-electron chi connectivity index (χ0n) is 15.7. The minimum absolute atomic E-state index is 0.0500. The first kappa shape index (κ1) is 21.4. The van der Waals surface area contributed by atoms with Crippen molar-refractivity contribution < 1.29 is 24.5 Å². The van der Waals surface area contributed by atoms with E-state index in [4.69, 9.17) is 41.2 Å². The molecule has 3 N–H and O–H groups in total. The van der Waals surface area contributed by atoms with Crippen molar-refractivity contribution in [2.24, 2.45) is 0 Å². The molecule has 0 aliphatic carbocycles. The lowest BCUT2D eigenvalue weighted by atomic mass is 9.79. The van der Waals surface area contributed by atoms with Crippen LogP contribution in [0.5, 0.6) is 17.2 Å². The van der Waals surface area contributed by atoms with E-state index in [1.165, 1.54) is 24.3 Å². The predicted molar refractivity (Wildman–Crippen MR) is 116 cm³/mol. The monoisotopic (exact) mass is 392 g/mol. The van der Waals surface area contributed by atoms with Crippen LogP contribution in [-0.2, 0) is 11.1 Å². The minimum atomic E-state index is -1.23. The largest absolute Gasteiger partial charge is 0.505 e. The summed E-state index contributed by atoms with van der Waals surface area (Å²) in [5.41, 5.74) is 0.858. The molecule has 0 spiro atoms. The van der Waals surface area contributed by atoms with Gasteiger partial charge < -0.3 is 20.3 Å². The van der Waals surface area contributed by atoms with Gasteiger partial charge in [0.15, 0.2) is 11.4 Å². The number of nitrogens with one attached hydrogen (secondary N) is 1. The number of amides is 1. The van der Waals surface area contributed by atoms with Crippen molar-refractivity contribution in [1.82, 2.24) is 10.3 Å². The zero-order valence-corrected chi connectivity index (χ0v) is 15.7. The van der Waals surface area contributed by atoms with Gasteiger partial charge in [-0.25, -0.2) is 4.98 Å². The number of pyridine rings is 1. The van der Waals surface area contributed by atoms with Crippen molar-refractivity contribution in [1.29, 1.82) is 0 Å². The van der Waals surface area contributed by atoms with Crippen molar-refractivity contribution in [3.8, 4) is 17.2 Å². The SMILES string of the molecule is [B]Cc1nc(C(=O)NCC(=O)O)c(O)c2ccc(Oc3c([B])cc([B])cc3[B])cc12. The van der Waals surface area contributed by atoms with Gasteiger partial charge in [-0.1, -0.05) is 28.5 Å². The highest BCUT2D eigenvalue weighted by Gasteiger charge is 2.19. The van der Waals surface area contributed by atoms with Crippen LogP contribution in [0.3, 0.4) is 0 Å². The van der Waals surface area contributed by atoms with Crippen LogP contribution in [0.4, 0.5) is 0 Å². The highest BCUT2D eigenvalue weighted by molar-refractivity contribution is 6.45. The lowest BCUT2D eigenvalue weighted by molar-refractivity contribution is -0.135. The molecule has 1 aromatic heterocycles. The summed E-state index contributed by atoms with van der Waals surface area (Å²) in [5.74, 6) is -1.92. The minimum Gasteiger partial charge on any atom is -0.505 e. The van der Waals surface area contributed by atoms with Crippen molar-refractivity contribution in [2.75, 3.05) is 6.54 Å². The van der Waals surface area contributed by atoms with Crippen molar-refractivity contribution in [2.45, 2.75) is 6.32 Å². The Hall–Kier alpha value is -3.35. The molecular formula is C19H12B4N2O5. The van der Waals surface area contributed by atoms with E-state index in [0.29, 0.717) is 22.3 Å². The van der Waals surface area contributed by atoms with Gasteiger partial charge in [-0.05, 0) is 24.5 Å². The Morgan fingerprint density at radius 3 is 2.33 bits per heavy atom. The number of aliphatic carboxylic acids is 1. The number of carboxylic acids is 1. The molecule has 0 fully saturated rings. The Morgan fingerprint density at radius 2 is 1.73 bits per heavy atom. The Morgan fingerprint density at radius 1 is 1.07 bits per heavy atom. The number of aromatic nitrogens is 1. The smallest absolute Gasteiger partial charge is 0.322 e. The molecule has 0 saturated carbocycles. The van der Waals surface area contributed by atoms with Crippen LogP contribution >= 0.6 is 0 Å². The summed E-state index contributed by atoms with van der Waals surface area (Å²) in [4.78, 5) is 26.9. The molecule has 2 aromatic carbocycles. The van der Waals surface area contributed by atoms with E-state index in [2.05, 4.69) is 10.3 Å². The Bertz CT molecular complexity index is 1150. The maximum atomic E-state index is 12.2. The first-order valence-electron chi connectivity index (χ1n) is 8.69. The number of hydrogen-bond acceptors (Lipinski definition) is 5. The molecule has 0 aliphatic rings. The topological polar surface area (TPSA) is 109 Å². The second-order valence-corrected chi connectivity index (χ2v) is 6.37. The third-order valence-electron chi connectivity index (χ3n) is 4.23. The van der Waals surface area contributed by atoms with Gasteiger partial charge in [-0.2, -0.15) is 0 Å². The third-order valence-corrected chi connectivity index (χ3v) is 4.23. The van der Waals surface area contributed by atoms with E-state index in [1.54, 1.807) is 6.07 Å². The molecule has 0 atom stereocenters. The molecule has 8 radical (unpaired) electrons. The maximum Gasteiger partial charge on any atom is 0.322 e. The number of hydrogen-bond donors (Lipinski definition) is 3. The molecule has 7 nitrogen and oxygen atoms in total. The lowest BCUT2D eigenvalue weighted by Crippen LogP contribution is -2.30. The van der Waals surface area contributed by atoms with Gasteiger partial charge in [0.2, 0.25) is 0 Å². The van der Waals surface area contributed by atoms with Crippen LogP contribution in [0.2, 0.25) is 0 Å². The molecule has 1 heterocycles. The molecule has 0 aliphatic heterocycles. The normalized spacial score (nSPS) is 10.7. The summed E-state index contributed by atoms with van der Waals surface area (Å²) < 4.78 is 5.78. The van der Waals surface area contributed by atoms with E-state index in [0.717, 1.165) is 0 Å². The molecule has 30 heavy (non-hydrogen) atoms. The fourth-order valence-electron chi connectivity index (χ4n) is 2.90. The molecule has 1 amide bonds. The average Bonchev–Trinajstić information content (AvgIpc) is 2.69. The molecule has 3 aromatic rings. The number of benzene rings is 2. The first-order valence-corrected chi connectivity index (χ1v) is 8.69. The predicted octanol–water partition coefficient (Wildman–Crippen LogP) is -1.40. The van der Waals surface area contributed by atoms with Crippen LogP contribution in [0.25, 0.3) is 10.8 Å². The standard InChI is InChI=1S/C19H12B4N2O5/c20-6-14-11-5-9(30-18-12(22)3-8(21)4-13(18)23)1-2-10(11)17(28)16(25-14)19(29)24-7-15(26)27/h1-5,28H,6-7H2,(H,24,29)(H,26,27). The van der Waals surface area contributed by atoms with E-state index in [1.807, 2.05) is 0 Å². The number of nitrogens with zero attached hydrogens (tertiary/aromatic N) is 1. The summed E-state index contributed by atoms with van der Waals surface area (Å²) in [6.45, 7) is -0.618. The van der Waals surface area contributed by atoms with Crippen LogP contribution < -0.4 is 26.4 Å². The fraction of sp³-hybridized carbons (Fsp3) is 0.105. The molecule has 11 heteroatoms. The third kappa shape index (κ3) is 4.30. The van der Waals surface area contributed by atoms with Crippen LogP contribution in [0.1, 0.15) is 16.2 Å². The molecule has 0 bridgehead atoms. The van der Waals surface area contributed by atoms with Gasteiger partial charge in [-0.3, -0.25) is 9.59 Å². The Labute approximate surface area is 177 Å². The lowest BCUT2D eigenvalue weighted by Gasteiger charge is -2.16. The van der Waals surface area contributed by atoms with Gasteiger partial charge in [0.25, 0.3) is 5.91 Å². The van der Waals surface area contributed by atoms with Crippen molar-refractivity contribution >= 4 is 70.4 Å². The number of carboxylic acid groups (broad SMARTS) is 1. The highest BCUT2D eigenvalue weighted by atomic mass is 16.5. The summed E-state index contributed by atoms with van der Waals surface area (Å²) in [5, 5.41) is 22.1. The van der Waals surface area contributed by atoms with Crippen LogP contribution in [0, 0.1) is 0 Å². The average molecular weight is 392 g/mol. The maximum absolute atomic E-state index is 12.2. The summed E-state index contributed by atoms with van der Waals surface area (Å²) >= 11 is 0. The number of carbonyl (C=O) groups excluding carboxylic acids is 1. The number of ether oxygens (including phenoxy) is 1. The first-order chi connectivity index (χ1) is 14.2. The number of fused-ring (bicyclic) bond motifs is 1. The van der Waals surface area contributed by atoms with Gasteiger partial charge in [-0.15, -0.1) is 0 Å². The zero-order chi connectivity index (χ0) is 22.0. The Kier molecular flexibility index (Phi) is 6.10. The number of carbonyl (C=O) groups is 2. The fourth-order valence-corrected chi connectivity index (χ4v) is 2.90. The second kappa shape index (κ2) is 8.57. The number of rotatable bonds is 6. The molecule has 0 saturated heterocycles.